The number of aromatic nitrogens is 1. The SMILES string of the molecule is COC(=O)c1cc(C(O)c2ccc(C)cc2)c[nH]1. The zero-order valence-corrected chi connectivity index (χ0v) is 10.3. The van der Waals surface area contributed by atoms with Crippen LogP contribution >= 0.6 is 0 Å². The fraction of sp³-hybridized carbons (Fsp3) is 0.214. The number of ether oxygens (including phenoxy) is 1. The highest BCUT2D eigenvalue weighted by Gasteiger charge is 2.15. The topological polar surface area (TPSA) is 62.3 Å². The van der Waals surface area contributed by atoms with Crippen LogP contribution in [0.1, 0.15) is 33.3 Å². The van der Waals surface area contributed by atoms with Crippen LogP contribution in [0, 0.1) is 6.92 Å². The Hall–Kier alpha value is -2.07. The van der Waals surface area contributed by atoms with Crippen LogP contribution in [0.25, 0.3) is 0 Å². The maximum atomic E-state index is 11.3. The molecule has 0 saturated heterocycles. The smallest absolute Gasteiger partial charge is 0.354 e. The number of carbonyl (C=O) groups is 1. The van der Waals surface area contributed by atoms with Gasteiger partial charge in [-0.1, -0.05) is 29.8 Å². The molecule has 0 amide bonds. The molecule has 1 atom stereocenters. The minimum Gasteiger partial charge on any atom is -0.464 e. The summed E-state index contributed by atoms with van der Waals surface area (Å²) in [6.07, 6.45) is 0.858. The van der Waals surface area contributed by atoms with E-state index in [9.17, 15) is 9.90 Å². The third-order valence-electron chi connectivity index (χ3n) is 2.82. The number of aliphatic hydroxyl groups is 1. The molecule has 1 aromatic carbocycles. The van der Waals surface area contributed by atoms with Gasteiger partial charge in [0.15, 0.2) is 0 Å². The van der Waals surface area contributed by atoms with Crippen LogP contribution < -0.4 is 0 Å². The van der Waals surface area contributed by atoms with E-state index in [0.717, 1.165) is 11.1 Å². The molecule has 0 saturated carbocycles. The van der Waals surface area contributed by atoms with Gasteiger partial charge in [-0.3, -0.25) is 0 Å². The minimum absolute atomic E-state index is 0.332. The minimum atomic E-state index is -0.750. The summed E-state index contributed by atoms with van der Waals surface area (Å²) in [4.78, 5) is 14.1. The molecule has 1 unspecified atom stereocenters. The Balaban J connectivity index is 2.23. The van der Waals surface area contributed by atoms with Gasteiger partial charge in [-0.25, -0.2) is 4.79 Å². The molecule has 0 radical (unpaired) electrons. The van der Waals surface area contributed by atoms with Crippen molar-refractivity contribution in [2.75, 3.05) is 7.11 Å². The van der Waals surface area contributed by atoms with Crippen molar-refractivity contribution >= 4 is 5.97 Å². The van der Waals surface area contributed by atoms with E-state index in [0.29, 0.717) is 11.3 Å². The lowest BCUT2D eigenvalue weighted by atomic mass is 10.0. The van der Waals surface area contributed by atoms with Gasteiger partial charge in [0.1, 0.15) is 11.8 Å². The number of rotatable bonds is 3. The van der Waals surface area contributed by atoms with Crippen molar-refractivity contribution in [1.82, 2.24) is 4.98 Å². The van der Waals surface area contributed by atoms with Crippen molar-refractivity contribution in [2.24, 2.45) is 0 Å². The molecule has 4 heteroatoms. The molecule has 2 aromatic rings. The predicted molar refractivity (Wildman–Crippen MR) is 67.4 cm³/mol. The number of aliphatic hydroxyl groups excluding tert-OH is 1. The van der Waals surface area contributed by atoms with Gasteiger partial charge in [0.25, 0.3) is 0 Å². The summed E-state index contributed by atoms with van der Waals surface area (Å²) >= 11 is 0. The lowest BCUT2D eigenvalue weighted by Crippen LogP contribution is -2.01. The Morgan fingerprint density at radius 1 is 1.28 bits per heavy atom. The molecular weight excluding hydrogens is 230 g/mol. The fourth-order valence-corrected chi connectivity index (χ4v) is 1.74. The highest BCUT2D eigenvalue weighted by molar-refractivity contribution is 5.87. The molecule has 0 spiro atoms. The quantitative estimate of drug-likeness (QED) is 0.815. The molecule has 1 heterocycles. The molecule has 2 rings (SSSR count). The van der Waals surface area contributed by atoms with Crippen LogP contribution in [-0.4, -0.2) is 23.2 Å². The monoisotopic (exact) mass is 245 g/mol. The van der Waals surface area contributed by atoms with Gasteiger partial charge in [-0.15, -0.1) is 0 Å². The first-order chi connectivity index (χ1) is 8.61. The van der Waals surface area contributed by atoms with Crippen LogP contribution in [0.5, 0.6) is 0 Å². The van der Waals surface area contributed by atoms with E-state index in [1.807, 2.05) is 31.2 Å². The highest BCUT2D eigenvalue weighted by Crippen LogP contribution is 2.22. The largest absolute Gasteiger partial charge is 0.464 e. The predicted octanol–water partition coefficient (Wildman–Crippen LogP) is 2.19. The molecule has 2 N–H and O–H groups in total. The summed E-state index contributed by atoms with van der Waals surface area (Å²) in [6, 6.07) is 9.20. The second kappa shape index (κ2) is 5.06. The number of aromatic amines is 1. The highest BCUT2D eigenvalue weighted by atomic mass is 16.5. The second-order valence-corrected chi connectivity index (χ2v) is 4.15. The molecule has 0 aliphatic heterocycles. The Morgan fingerprint density at radius 3 is 2.56 bits per heavy atom. The molecule has 94 valence electrons. The molecule has 0 bridgehead atoms. The number of H-pyrrole nitrogens is 1. The fourth-order valence-electron chi connectivity index (χ4n) is 1.74. The molecule has 1 aromatic heterocycles. The molecular formula is C14H15NO3. The second-order valence-electron chi connectivity index (χ2n) is 4.15. The Bertz CT molecular complexity index is 542. The summed E-state index contributed by atoms with van der Waals surface area (Å²) in [5.41, 5.74) is 2.89. The van der Waals surface area contributed by atoms with Gasteiger partial charge in [-0.05, 0) is 18.6 Å². The third kappa shape index (κ3) is 2.43. The number of methoxy groups -OCH3 is 1. The molecule has 18 heavy (non-hydrogen) atoms. The number of hydrogen-bond acceptors (Lipinski definition) is 3. The Labute approximate surface area is 105 Å². The summed E-state index contributed by atoms with van der Waals surface area (Å²) < 4.78 is 4.60. The average Bonchev–Trinajstić information content (AvgIpc) is 2.87. The number of nitrogens with one attached hydrogen (secondary N) is 1. The van der Waals surface area contributed by atoms with Crippen molar-refractivity contribution in [2.45, 2.75) is 13.0 Å². The van der Waals surface area contributed by atoms with Gasteiger partial charge >= 0.3 is 5.97 Å². The van der Waals surface area contributed by atoms with Crippen molar-refractivity contribution in [3.8, 4) is 0 Å². The summed E-state index contributed by atoms with van der Waals surface area (Å²) in [5, 5.41) is 10.2. The van der Waals surface area contributed by atoms with E-state index in [1.54, 1.807) is 12.3 Å². The number of aryl methyl sites for hydroxylation is 1. The molecule has 0 aliphatic carbocycles. The maximum absolute atomic E-state index is 11.3. The normalized spacial score (nSPS) is 12.2. The lowest BCUT2D eigenvalue weighted by molar-refractivity contribution is 0.0595. The zero-order chi connectivity index (χ0) is 13.1. The van der Waals surface area contributed by atoms with E-state index in [1.165, 1.54) is 7.11 Å². The van der Waals surface area contributed by atoms with E-state index in [4.69, 9.17) is 0 Å². The van der Waals surface area contributed by atoms with Crippen LogP contribution in [0.2, 0.25) is 0 Å². The van der Waals surface area contributed by atoms with Gasteiger partial charge in [0.2, 0.25) is 0 Å². The first-order valence-electron chi connectivity index (χ1n) is 5.63. The molecule has 0 fully saturated rings. The van der Waals surface area contributed by atoms with Gasteiger partial charge < -0.3 is 14.8 Å². The third-order valence-corrected chi connectivity index (χ3v) is 2.82. The Morgan fingerprint density at radius 2 is 1.94 bits per heavy atom. The van der Waals surface area contributed by atoms with Crippen molar-refractivity contribution in [1.29, 1.82) is 0 Å². The van der Waals surface area contributed by atoms with E-state index in [-0.39, 0.29) is 0 Å². The lowest BCUT2D eigenvalue weighted by Gasteiger charge is -2.09. The van der Waals surface area contributed by atoms with Crippen LogP contribution in [0.4, 0.5) is 0 Å². The number of hydrogen-bond donors (Lipinski definition) is 2. The van der Waals surface area contributed by atoms with E-state index < -0.39 is 12.1 Å². The van der Waals surface area contributed by atoms with E-state index in [2.05, 4.69) is 9.72 Å². The summed E-state index contributed by atoms with van der Waals surface area (Å²) in [7, 11) is 1.32. The Kier molecular flexibility index (Phi) is 3.48. The first-order valence-corrected chi connectivity index (χ1v) is 5.63. The molecule has 0 aliphatic rings. The van der Waals surface area contributed by atoms with Gasteiger partial charge in [-0.2, -0.15) is 0 Å². The number of carbonyl (C=O) groups excluding carboxylic acids is 1. The summed E-state index contributed by atoms with van der Waals surface area (Å²) in [6.45, 7) is 1.99. The van der Waals surface area contributed by atoms with E-state index >= 15 is 0 Å². The number of benzene rings is 1. The first kappa shape index (κ1) is 12.4. The van der Waals surface area contributed by atoms with Crippen molar-refractivity contribution in [3.05, 3.63) is 58.9 Å². The summed E-state index contributed by atoms with van der Waals surface area (Å²) in [5.74, 6) is -0.447. The molecule has 4 nitrogen and oxygen atoms in total. The zero-order valence-electron chi connectivity index (χ0n) is 10.3. The van der Waals surface area contributed by atoms with Gasteiger partial charge in [0, 0.05) is 11.8 Å². The average molecular weight is 245 g/mol. The van der Waals surface area contributed by atoms with Crippen LogP contribution in [0.15, 0.2) is 36.5 Å². The van der Waals surface area contributed by atoms with Gasteiger partial charge in [0.05, 0.1) is 7.11 Å². The standard InChI is InChI=1S/C14H15NO3/c1-9-3-5-10(6-4-9)13(16)11-7-12(15-8-11)14(17)18-2/h3-8,13,15-16H,1-2H3. The van der Waals surface area contributed by atoms with Crippen molar-refractivity contribution in [3.63, 3.8) is 0 Å². The van der Waals surface area contributed by atoms with Crippen LogP contribution in [0.3, 0.4) is 0 Å². The maximum Gasteiger partial charge on any atom is 0.354 e. The van der Waals surface area contributed by atoms with Crippen molar-refractivity contribution < 1.29 is 14.6 Å². The van der Waals surface area contributed by atoms with Crippen LogP contribution in [-0.2, 0) is 4.74 Å². The number of esters is 1.